The third-order valence-corrected chi connectivity index (χ3v) is 3.65. The Morgan fingerprint density at radius 3 is 2.80 bits per heavy atom. The van der Waals surface area contributed by atoms with Gasteiger partial charge in [-0.3, -0.25) is 0 Å². The molecule has 20 heavy (non-hydrogen) atoms. The summed E-state index contributed by atoms with van der Waals surface area (Å²) in [6.07, 6.45) is 0. The summed E-state index contributed by atoms with van der Waals surface area (Å²) < 4.78 is 8.45. The minimum absolute atomic E-state index is 0. The Morgan fingerprint density at radius 1 is 1.45 bits per heavy atom. The van der Waals surface area contributed by atoms with Crippen molar-refractivity contribution >= 4 is 28.3 Å². The van der Waals surface area contributed by atoms with Gasteiger partial charge in [-0.15, -0.1) is 12.4 Å². The Hall–Kier alpha value is -0.820. The Kier molecular flexibility index (Phi) is 4.30. The van der Waals surface area contributed by atoms with E-state index >= 15 is 0 Å². The molecule has 2 aromatic rings. The van der Waals surface area contributed by atoms with Gasteiger partial charge in [-0.1, -0.05) is 0 Å². The predicted molar refractivity (Wildman–Crippen MR) is 81.8 cm³/mol. The average Bonchev–Trinajstić information content (AvgIpc) is 2.91. The molecule has 0 aliphatic carbocycles. The maximum atomic E-state index is 10.3. The fourth-order valence-electron chi connectivity index (χ4n) is 2.38. The smallest absolute Gasteiger partial charge is 0.169 e. The van der Waals surface area contributed by atoms with E-state index in [4.69, 9.17) is 4.42 Å². The lowest BCUT2D eigenvalue weighted by molar-refractivity contribution is 0.0746. The molecule has 0 aromatic carbocycles. The van der Waals surface area contributed by atoms with E-state index in [1.54, 1.807) is 13.8 Å². The molecule has 0 radical (unpaired) electrons. The van der Waals surface area contributed by atoms with E-state index in [1.165, 1.54) is 0 Å². The summed E-state index contributed by atoms with van der Waals surface area (Å²) in [6, 6.07) is 3.75. The Bertz CT molecular complexity index is 616. The number of hydrogen-bond acceptors (Lipinski definition) is 4. The maximum absolute atomic E-state index is 10.3. The first-order valence-corrected chi connectivity index (χ1v) is 7.05. The molecule has 0 unspecified atom stereocenters. The van der Waals surface area contributed by atoms with E-state index < -0.39 is 5.60 Å². The van der Waals surface area contributed by atoms with Crippen molar-refractivity contribution in [1.29, 1.82) is 0 Å². The number of aromatic nitrogens is 2. The van der Waals surface area contributed by atoms with Gasteiger partial charge >= 0.3 is 0 Å². The average molecular weight is 363 g/mol. The second-order valence-electron chi connectivity index (χ2n) is 5.22. The van der Waals surface area contributed by atoms with Gasteiger partial charge in [0.1, 0.15) is 22.8 Å². The Labute approximate surface area is 131 Å². The van der Waals surface area contributed by atoms with Crippen LogP contribution in [0, 0.1) is 0 Å². The molecule has 1 aliphatic rings. The number of rotatable bonds is 2. The minimum Gasteiger partial charge on any atom is -0.448 e. The molecule has 0 bridgehead atoms. The molecule has 7 heteroatoms. The second kappa shape index (κ2) is 5.52. The van der Waals surface area contributed by atoms with Gasteiger partial charge in [0.25, 0.3) is 0 Å². The number of furan rings is 1. The van der Waals surface area contributed by atoms with Crippen LogP contribution in [-0.4, -0.2) is 21.2 Å². The molecule has 3 heterocycles. The van der Waals surface area contributed by atoms with Gasteiger partial charge in [0.05, 0.1) is 6.54 Å². The molecule has 3 rings (SSSR count). The van der Waals surface area contributed by atoms with Crippen LogP contribution >= 0.6 is 28.3 Å². The normalized spacial score (nSPS) is 14.8. The zero-order chi connectivity index (χ0) is 13.6. The number of nitrogens with one attached hydrogen (secondary N) is 1. The number of fused-ring (bicyclic) bond motifs is 1. The lowest BCUT2D eigenvalue weighted by Crippen LogP contribution is -2.28. The zero-order valence-electron chi connectivity index (χ0n) is 11.3. The highest BCUT2D eigenvalue weighted by atomic mass is 79.9. The van der Waals surface area contributed by atoms with E-state index in [0.29, 0.717) is 16.9 Å². The first-order chi connectivity index (χ1) is 8.97. The molecule has 0 saturated carbocycles. The highest BCUT2D eigenvalue weighted by molar-refractivity contribution is 9.10. The van der Waals surface area contributed by atoms with Crippen molar-refractivity contribution in [2.24, 2.45) is 0 Å². The molecule has 1 aliphatic heterocycles. The van der Waals surface area contributed by atoms with E-state index in [2.05, 4.69) is 30.8 Å². The molecule has 2 aromatic heterocycles. The molecule has 0 amide bonds. The summed E-state index contributed by atoms with van der Waals surface area (Å²) in [5, 5.41) is 13.6. The van der Waals surface area contributed by atoms with Crippen LogP contribution in [0.3, 0.4) is 0 Å². The van der Waals surface area contributed by atoms with Crippen molar-refractivity contribution in [2.45, 2.75) is 32.5 Å². The van der Waals surface area contributed by atoms with E-state index in [9.17, 15) is 5.11 Å². The highest BCUT2D eigenvalue weighted by Gasteiger charge is 2.30. The molecule has 0 spiro atoms. The van der Waals surface area contributed by atoms with Crippen molar-refractivity contribution in [3.8, 4) is 11.5 Å². The first kappa shape index (κ1) is 15.6. The molecular formula is C13H17BrClN3O2. The molecule has 0 fully saturated rings. The lowest BCUT2D eigenvalue weighted by Gasteiger charge is -2.18. The van der Waals surface area contributed by atoms with E-state index in [-0.39, 0.29) is 12.4 Å². The first-order valence-electron chi connectivity index (χ1n) is 6.25. The SMILES string of the molecule is CC(C)(O)c1nc2n(c1-c1ccc(Br)o1)CCNC2.Cl. The second-order valence-corrected chi connectivity index (χ2v) is 6.00. The summed E-state index contributed by atoms with van der Waals surface area (Å²) >= 11 is 3.32. The van der Waals surface area contributed by atoms with Gasteiger partial charge in [0.2, 0.25) is 0 Å². The van der Waals surface area contributed by atoms with Gasteiger partial charge < -0.3 is 19.4 Å². The predicted octanol–water partition coefficient (Wildman–Crippen LogP) is 2.66. The maximum Gasteiger partial charge on any atom is 0.169 e. The van der Waals surface area contributed by atoms with Crippen molar-refractivity contribution in [1.82, 2.24) is 14.9 Å². The molecule has 2 N–H and O–H groups in total. The van der Waals surface area contributed by atoms with Crippen molar-refractivity contribution in [2.75, 3.05) is 6.54 Å². The monoisotopic (exact) mass is 361 g/mol. The number of nitrogens with zero attached hydrogens (tertiary/aromatic N) is 2. The van der Waals surface area contributed by atoms with Crippen LogP contribution < -0.4 is 5.32 Å². The molecule has 5 nitrogen and oxygen atoms in total. The fourth-order valence-corrected chi connectivity index (χ4v) is 2.69. The highest BCUT2D eigenvalue weighted by Crippen LogP contribution is 2.34. The number of aliphatic hydroxyl groups is 1. The van der Waals surface area contributed by atoms with Gasteiger partial charge in [-0.2, -0.15) is 0 Å². The Morgan fingerprint density at radius 2 is 2.20 bits per heavy atom. The summed E-state index contributed by atoms with van der Waals surface area (Å²) in [5.41, 5.74) is 0.529. The van der Waals surface area contributed by atoms with Gasteiger partial charge in [0, 0.05) is 13.1 Å². The third kappa shape index (κ3) is 2.65. The molecule has 110 valence electrons. The molecular weight excluding hydrogens is 346 g/mol. The van der Waals surface area contributed by atoms with Gasteiger partial charge in [-0.05, 0) is 41.9 Å². The van der Waals surface area contributed by atoms with Crippen molar-refractivity contribution in [3.63, 3.8) is 0 Å². The third-order valence-electron chi connectivity index (χ3n) is 3.23. The zero-order valence-corrected chi connectivity index (χ0v) is 13.7. The van der Waals surface area contributed by atoms with Crippen LogP contribution in [0.1, 0.15) is 25.4 Å². The van der Waals surface area contributed by atoms with E-state index in [1.807, 2.05) is 12.1 Å². The van der Waals surface area contributed by atoms with Crippen LogP contribution in [0.25, 0.3) is 11.5 Å². The number of imidazole rings is 1. The van der Waals surface area contributed by atoms with Crippen molar-refractivity contribution < 1.29 is 9.52 Å². The minimum atomic E-state index is -1.00. The van der Waals surface area contributed by atoms with Gasteiger partial charge in [0.15, 0.2) is 10.4 Å². The largest absolute Gasteiger partial charge is 0.448 e. The summed E-state index contributed by atoms with van der Waals surface area (Å²) in [6.45, 7) is 5.92. The van der Waals surface area contributed by atoms with Crippen LogP contribution in [0.2, 0.25) is 0 Å². The fraction of sp³-hybridized carbons (Fsp3) is 0.462. The quantitative estimate of drug-likeness (QED) is 0.862. The standard InChI is InChI=1S/C13H16BrN3O2.ClH/c1-13(2,18)12-11(8-3-4-9(14)19-8)17-6-5-15-7-10(17)16-12;/h3-4,15,18H,5-7H2,1-2H3;1H. The summed E-state index contributed by atoms with van der Waals surface area (Å²) in [7, 11) is 0. The van der Waals surface area contributed by atoms with Crippen LogP contribution in [0.15, 0.2) is 21.2 Å². The number of halogens is 2. The van der Waals surface area contributed by atoms with Crippen LogP contribution in [0.5, 0.6) is 0 Å². The summed E-state index contributed by atoms with van der Waals surface area (Å²) in [4.78, 5) is 4.58. The summed E-state index contributed by atoms with van der Waals surface area (Å²) in [5.74, 6) is 1.66. The molecule has 0 saturated heterocycles. The topological polar surface area (TPSA) is 63.2 Å². The van der Waals surface area contributed by atoms with Gasteiger partial charge in [-0.25, -0.2) is 4.98 Å². The van der Waals surface area contributed by atoms with Crippen LogP contribution in [-0.2, 0) is 18.7 Å². The lowest BCUT2D eigenvalue weighted by atomic mass is 10.0. The van der Waals surface area contributed by atoms with Crippen molar-refractivity contribution in [3.05, 3.63) is 28.3 Å². The number of hydrogen-bond donors (Lipinski definition) is 2. The van der Waals surface area contributed by atoms with E-state index in [0.717, 1.165) is 30.4 Å². The van der Waals surface area contributed by atoms with Crippen LogP contribution in [0.4, 0.5) is 0 Å². The Balaban J connectivity index is 0.00000147. The molecule has 0 atom stereocenters.